The van der Waals surface area contributed by atoms with Crippen molar-refractivity contribution in [3.63, 3.8) is 0 Å². The molecule has 1 aliphatic rings. The number of benzene rings is 2. The van der Waals surface area contributed by atoms with Crippen LogP contribution < -0.4 is 0 Å². The zero-order chi connectivity index (χ0) is 11.7. The molecule has 0 spiro atoms. The number of thioether (sulfide) groups is 1. The van der Waals surface area contributed by atoms with Crippen LogP contribution in [0.2, 0.25) is 0 Å². The topological polar surface area (TPSA) is 0 Å². The maximum absolute atomic E-state index is 2.24. The summed E-state index contributed by atoms with van der Waals surface area (Å²) >= 11 is 1.94. The van der Waals surface area contributed by atoms with E-state index in [1.165, 1.54) is 27.2 Å². The van der Waals surface area contributed by atoms with Gasteiger partial charge in [-0.05, 0) is 29.7 Å². The average Bonchev–Trinajstić information content (AvgIpc) is 2.39. The van der Waals surface area contributed by atoms with Crippen LogP contribution in [0.25, 0.3) is 5.57 Å². The highest BCUT2D eigenvalue weighted by Crippen LogP contribution is 2.39. The molecule has 0 aliphatic carbocycles. The second kappa shape index (κ2) is 4.42. The van der Waals surface area contributed by atoms with Crippen molar-refractivity contribution in [2.24, 2.45) is 0 Å². The lowest BCUT2D eigenvalue weighted by atomic mass is 9.94. The van der Waals surface area contributed by atoms with E-state index >= 15 is 0 Å². The van der Waals surface area contributed by atoms with E-state index in [9.17, 15) is 0 Å². The zero-order valence-electron chi connectivity index (χ0n) is 9.81. The van der Waals surface area contributed by atoms with E-state index in [4.69, 9.17) is 0 Å². The van der Waals surface area contributed by atoms with Gasteiger partial charge in [0.05, 0.1) is 0 Å². The Bertz CT molecular complexity index is 567. The van der Waals surface area contributed by atoms with Crippen molar-refractivity contribution in [3.8, 4) is 0 Å². The lowest BCUT2D eigenvalue weighted by Crippen LogP contribution is -2.01. The minimum atomic E-state index is 1.10. The number of hydrogen-bond donors (Lipinski definition) is 0. The van der Waals surface area contributed by atoms with Gasteiger partial charge in [-0.2, -0.15) is 0 Å². The van der Waals surface area contributed by atoms with Crippen LogP contribution >= 0.6 is 11.8 Å². The molecule has 0 amide bonds. The predicted octanol–water partition coefficient (Wildman–Crippen LogP) is 4.61. The minimum absolute atomic E-state index is 1.10. The molecule has 0 unspecified atom stereocenters. The van der Waals surface area contributed by atoms with Crippen molar-refractivity contribution in [2.45, 2.75) is 11.8 Å². The Kier molecular flexibility index (Phi) is 2.77. The van der Waals surface area contributed by atoms with Crippen molar-refractivity contribution in [2.75, 3.05) is 5.75 Å². The molecule has 0 saturated carbocycles. The summed E-state index contributed by atoms with van der Waals surface area (Å²) < 4.78 is 0. The summed E-state index contributed by atoms with van der Waals surface area (Å²) in [5.41, 5.74) is 5.60. The third-order valence-electron chi connectivity index (χ3n) is 3.09. The van der Waals surface area contributed by atoms with Gasteiger partial charge in [-0.3, -0.25) is 0 Å². The highest BCUT2D eigenvalue weighted by atomic mass is 32.2. The molecule has 0 radical (unpaired) electrons. The third-order valence-corrected chi connectivity index (χ3v) is 4.33. The van der Waals surface area contributed by atoms with Crippen LogP contribution in [0.3, 0.4) is 0 Å². The first kappa shape index (κ1) is 10.7. The molecule has 1 heterocycles. The number of rotatable bonds is 1. The Hall–Kier alpha value is -1.47. The summed E-state index contributed by atoms with van der Waals surface area (Å²) in [7, 11) is 0. The molecular weight excluding hydrogens is 224 g/mol. The fourth-order valence-electron chi connectivity index (χ4n) is 2.29. The molecule has 17 heavy (non-hydrogen) atoms. The summed E-state index contributed by atoms with van der Waals surface area (Å²) in [5, 5.41) is 0. The summed E-state index contributed by atoms with van der Waals surface area (Å²) in [4.78, 5) is 1.40. The molecule has 0 atom stereocenters. The Morgan fingerprint density at radius 3 is 2.41 bits per heavy atom. The van der Waals surface area contributed by atoms with E-state index in [0.717, 1.165) is 5.75 Å². The monoisotopic (exact) mass is 238 g/mol. The zero-order valence-corrected chi connectivity index (χ0v) is 10.6. The molecule has 1 aliphatic heterocycles. The van der Waals surface area contributed by atoms with Crippen LogP contribution in [0.5, 0.6) is 0 Å². The first-order valence-electron chi connectivity index (χ1n) is 5.83. The molecule has 0 bridgehead atoms. The molecule has 0 aromatic heterocycles. The SMILES string of the molecule is CC1=C(c2ccccc2)c2ccccc2SC1. The molecular formula is C16H14S. The first-order valence-corrected chi connectivity index (χ1v) is 6.82. The highest BCUT2D eigenvalue weighted by molar-refractivity contribution is 7.99. The van der Waals surface area contributed by atoms with E-state index in [2.05, 4.69) is 61.5 Å². The van der Waals surface area contributed by atoms with Gasteiger partial charge in [0.25, 0.3) is 0 Å². The van der Waals surface area contributed by atoms with E-state index < -0.39 is 0 Å². The van der Waals surface area contributed by atoms with Gasteiger partial charge in [0, 0.05) is 10.6 Å². The Balaban J connectivity index is 2.21. The van der Waals surface area contributed by atoms with Gasteiger partial charge < -0.3 is 0 Å². The fourth-order valence-corrected chi connectivity index (χ4v) is 3.31. The molecule has 84 valence electrons. The summed E-state index contributed by atoms with van der Waals surface area (Å²) in [6, 6.07) is 19.4. The Morgan fingerprint density at radius 1 is 0.882 bits per heavy atom. The van der Waals surface area contributed by atoms with Gasteiger partial charge in [-0.1, -0.05) is 54.1 Å². The second-order valence-electron chi connectivity index (χ2n) is 4.31. The maximum Gasteiger partial charge on any atom is 0.0197 e. The van der Waals surface area contributed by atoms with E-state index in [1.807, 2.05) is 11.8 Å². The normalized spacial score (nSPS) is 14.6. The number of hydrogen-bond acceptors (Lipinski definition) is 1. The third kappa shape index (κ3) is 1.91. The van der Waals surface area contributed by atoms with Crippen LogP contribution in [0.1, 0.15) is 18.1 Å². The molecule has 0 fully saturated rings. The highest BCUT2D eigenvalue weighted by Gasteiger charge is 2.17. The van der Waals surface area contributed by atoms with Crippen molar-refractivity contribution in [1.29, 1.82) is 0 Å². The number of fused-ring (bicyclic) bond motifs is 1. The summed E-state index contributed by atoms with van der Waals surface area (Å²) in [5.74, 6) is 1.10. The quantitative estimate of drug-likeness (QED) is 0.699. The van der Waals surface area contributed by atoms with E-state index in [0.29, 0.717) is 0 Å². The van der Waals surface area contributed by atoms with Gasteiger partial charge in [-0.25, -0.2) is 0 Å². The van der Waals surface area contributed by atoms with Crippen LogP contribution in [0, 0.1) is 0 Å². The van der Waals surface area contributed by atoms with Crippen molar-refractivity contribution < 1.29 is 0 Å². The maximum atomic E-state index is 2.24. The van der Waals surface area contributed by atoms with Gasteiger partial charge in [0.1, 0.15) is 0 Å². The molecule has 2 aromatic carbocycles. The smallest absolute Gasteiger partial charge is 0.0197 e. The van der Waals surface area contributed by atoms with Crippen LogP contribution in [0.15, 0.2) is 65.1 Å². The van der Waals surface area contributed by atoms with Crippen LogP contribution in [-0.4, -0.2) is 5.75 Å². The predicted molar refractivity (Wildman–Crippen MR) is 75.3 cm³/mol. The fraction of sp³-hybridized carbons (Fsp3) is 0.125. The van der Waals surface area contributed by atoms with Crippen molar-refractivity contribution in [3.05, 3.63) is 71.3 Å². The average molecular weight is 238 g/mol. The molecule has 0 nitrogen and oxygen atoms in total. The molecule has 0 N–H and O–H groups in total. The van der Waals surface area contributed by atoms with E-state index in [-0.39, 0.29) is 0 Å². The Morgan fingerprint density at radius 2 is 1.59 bits per heavy atom. The molecule has 2 aromatic rings. The lowest BCUT2D eigenvalue weighted by molar-refractivity contribution is 1.29. The molecule has 1 heteroatoms. The van der Waals surface area contributed by atoms with Crippen molar-refractivity contribution in [1.82, 2.24) is 0 Å². The summed E-state index contributed by atoms with van der Waals surface area (Å²) in [6.45, 7) is 2.24. The molecule has 3 rings (SSSR count). The van der Waals surface area contributed by atoms with E-state index in [1.54, 1.807) is 0 Å². The molecule has 0 saturated heterocycles. The van der Waals surface area contributed by atoms with Gasteiger partial charge in [0.2, 0.25) is 0 Å². The van der Waals surface area contributed by atoms with Crippen molar-refractivity contribution >= 4 is 17.3 Å². The Labute approximate surface area is 106 Å². The van der Waals surface area contributed by atoms with Gasteiger partial charge in [-0.15, -0.1) is 11.8 Å². The summed E-state index contributed by atoms with van der Waals surface area (Å²) in [6.07, 6.45) is 0. The van der Waals surface area contributed by atoms with Crippen LogP contribution in [0.4, 0.5) is 0 Å². The first-order chi connectivity index (χ1) is 8.36. The van der Waals surface area contributed by atoms with Gasteiger partial charge in [0.15, 0.2) is 0 Å². The minimum Gasteiger partial charge on any atom is -0.121 e. The standard InChI is InChI=1S/C16H14S/c1-12-11-17-15-10-6-5-9-14(15)16(12)13-7-3-2-4-8-13/h2-10H,11H2,1H3. The second-order valence-corrected chi connectivity index (χ2v) is 5.32. The van der Waals surface area contributed by atoms with Crippen LogP contribution in [-0.2, 0) is 0 Å². The lowest BCUT2D eigenvalue weighted by Gasteiger charge is -2.21. The largest absolute Gasteiger partial charge is 0.121 e. The van der Waals surface area contributed by atoms with Gasteiger partial charge >= 0.3 is 0 Å².